The zero-order chi connectivity index (χ0) is 15.1. The number of hydrogen-bond acceptors (Lipinski definition) is 3. The van der Waals surface area contributed by atoms with E-state index < -0.39 is 0 Å². The lowest BCUT2D eigenvalue weighted by Crippen LogP contribution is -2.26. The molecule has 4 nitrogen and oxygen atoms in total. The molecule has 1 aromatic carbocycles. The van der Waals surface area contributed by atoms with Crippen molar-refractivity contribution < 1.29 is 14.3 Å². The first-order valence-electron chi connectivity index (χ1n) is 6.84. The van der Waals surface area contributed by atoms with Gasteiger partial charge in [-0.1, -0.05) is 12.1 Å². The van der Waals surface area contributed by atoms with Crippen LogP contribution >= 0.6 is 0 Å². The summed E-state index contributed by atoms with van der Waals surface area (Å²) in [6, 6.07) is 4.34. The molecular formula is C16H23NO3. The van der Waals surface area contributed by atoms with Crippen LogP contribution in [-0.4, -0.2) is 25.5 Å². The molecule has 0 atom stereocenters. The van der Waals surface area contributed by atoms with Crippen LogP contribution in [0, 0.1) is 20.8 Å². The summed E-state index contributed by atoms with van der Waals surface area (Å²) in [5.74, 6) is -0.470. The molecule has 0 radical (unpaired) electrons. The molecule has 110 valence electrons. The predicted octanol–water partition coefficient (Wildman–Crippen LogP) is 2.22. The minimum atomic E-state index is -0.356. The van der Waals surface area contributed by atoms with Gasteiger partial charge in [0.1, 0.15) is 0 Å². The van der Waals surface area contributed by atoms with Crippen molar-refractivity contribution in [2.45, 2.75) is 40.0 Å². The Morgan fingerprint density at radius 2 is 1.70 bits per heavy atom. The average Bonchev–Trinajstić information content (AvgIpc) is 2.41. The van der Waals surface area contributed by atoms with Gasteiger partial charge in [0.15, 0.2) is 0 Å². The number of nitrogens with one attached hydrogen (secondary N) is 1. The lowest BCUT2D eigenvalue weighted by atomic mass is 9.99. The molecule has 1 aromatic rings. The summed E-state index contributed by atoms with van der Waals surface area (Å²) < 4.78 is 4.50. The Hall–Kier alpha value is -1.84. The second kappa shape index (κ2) is 7.68. The Morgan fingerprint density at radius 1 is 1.05 bits per heavy atom. The normalized spacial score (nSPS) is 10.2. The molecule has 0 heterocycles. The van der Waals surface area contributed by atoms with Crippen LogP contribution in [0.15, 0.2) is 12.1 Å². The van der Waals surface area contributed by atoms with Gasteiger partial charge in [-0.25, -0.2) is 0 Å². The highest BCUT2D eigenvalue weighted by atomic mass is 16.5. The average molecular weight is 277 g/mol. The highest BCUT2D eigenvalue weighted by molar-refractivity contribution is 5.81. The van der Waals surface area contributed by atoms with Gasteiger partial charge in [0.05, 0.1) is 13.5 Å². The summed E-state index contributed by atoms with van der Waals surface area (Å²) in [7, 11) is 1.32. The van der Waals surface area contributed by atoms with E-state index in [1.807, 2.05) is 0 Å². The van der Waals surface area contributed by atoms with Crippen LogP contribution in [0.2, 0.25) is 0 Å². The summed E-state index contributed by atoms with van der Waals surface area (Å²) in [5.41, 5.74) is 5.05. The van der Waals surface area contributed by atoms with E-state index in [0.717, 1.165) is 6.42 Å². The van der Waals surface area contributed by atoms with Crippen LogP contribution in [0.5, 0.6) is 0 Å². The number of esters is 1. The number of methoxy groups -OCH3 is 1. The van der Waals surface area contributed by atoms with Gasteiger partial charge >= 0.3 is 5.97 Å². The number of rotatable bonds is 6. The maximum atomic E-state index is 11.5. The third-order valence-corrected chi connectivity index (χ3v) is 3.45. The SMILES string of the molecule is COC(=O)CCC(=O)NCCc1cc(C)c(C)cc1C. The minimum Gasteiger partial charge on any atom is -0.469 e. The fraction of sp³-hybridized carbons (Fsp3) is 0.500. The smallest absolute Gasteiger partial charge is 0.306 e. The Morgan fingerprint density at radius 3 is 2.35 bits per heavy atom. The zero-order valence-corrected chi connectivity index (χ0v) is 12.7. The highest BCUT2D eigenvalue weighted by Crippen LogP contribution is 2.15. The molecule has 0 fully saturated rings. The second-order valence-electron chi connectivity index (χ2n) is 5.04. The van der Waals surface area contributed by atoms with Crippen molar-refractivity contribution in [3.8, 4) is 0 Å². The fourth-order valence-electron chi connectivity index (χ4n) is 2.03. The van der Waals surface area contributed by atoms with E-state index in [2.05, 4.69) is 43.0 Å². The van der Waals surface area contributed by atoms with Gasteiger partial charge in [-0.15, -0.1) is 0 Å². The quantitative estimate of drug-likeness (QED) is 0.811. The van der Waals surface area contributed by atoms with Crippen LogP contribution in [-0.2, 0) is 20.7 Å². The Balaban J connectivity index is 2.39. The highest BCUT2D eigenvalue weighted by Gasteiger charge is 2.07. The lowest BCUT2D eigenvalue weighted by Gasteiger charge is -2.10. The number of aryl methyl sites for hydroxylation is 3. The monoisotopic (exact) mass is 277 g/mol. The molecule has 0 bridgehead atoms. The molecule has 0 saturated heterocycles. The maximum Gasteiger partial charge on any atom is 0.306 e. The topological polar surface area (TPSA) is 55.4 Å². The molecular weight excluding hydrogens is 254 g/mol. The van der Waals surface area contributed by atoms with E-state index in [0.29, 0.717) is 6.54 Å². The standard InChI is InChI=1S/C16H23NO3/c1-11-9-13(3)14(10-12(11)2)7-8-17-15(18)5-6-16(19)20-4/h9-10H,5-8H2,1-4H3,(H,17,18). The van der Waals surface area contributed by atoms with Gasteiger partial charge in [0.25, 0.3) is 0 Å². The van der Waals surface area contributed by atoms with Gasteiger partial charge in [-0.2, -0.15) is 0 Å². The molecule has 0 spiro atoms. The number of carbonyl (C=O) groups excluding carboxylic acids is 2. The van der Waals surface area contributed by atoms with Crippen molar-refractivity contribution in [1.82, 2.24) is 5.32 Å². The van der Waals surface area contributed by atoms with Gasteiger partial charge in [-0.3, -0.25) is 9.59 Å². The summed E-state index contributed by atoms with van der Waals surface area (Å²) in [6.45, 7) is 6.86. The van der Waals surface area contributed by atoms with Crippen LogP contribution < -0.4 is 5.32 Å². The summed E-state index contributed by atoms with van der Waals surface area (Å²) in [5, 5.41) is 2.83. The zero-order valence-electron chi connectivity index (χ0n) is 12.7. The largest absolute Gasteiger partial charge is 0.469 e. The Kier molecular flexibility index (Phi) is 6.22. The van der Waals surface area contributed by atoms with Gasteiger partial charge < -0.3 is 10.1 Å². The van der Waals surface area contributed by atoms with E-state index in [1.165, 1.54) is 29.4 Å². The predicted molar refractivity (Wildman–Crippen MR) is 78.6 cm³/mol. The number of hydrogen-bond donors (Lipinski definition) is 1. The lowest BCUT2D eigenvalue weighted by molar-refractivity contribution is -0.142. The summed E-state index contributed by atoms with van der Waals surface area (Å²) in [4.78, 5) is 22.5. The molecule has 1 amide bonds. The van der Waals surface area contributed by atoms with E-state index in [4.69, 9.17) is 0 Å². The minimum absolute atomic E-state index is 0.114. The van der Waals surface area contributed by atoms with Gasteiger partial charge in [0.2, 0.25) is 5.91 Å². The van der Waals surface area contributed by atoms with Crippen molar-refractivity contribution in [2.24, 2.45) is 0 Å². The third-order valence-electron chi connectivity index (χ3n) is 3.45. The molecule has 0 unspecified atom stereocenters. The van der Waals surface area contributed by atoms with Gasteiger partial charge in [-0.05, 0) is 49.4 Å². The first-order valence-corrected chi connectivity index (χ1v) is 6.84. The number of amides is 1. The van der Waals surface area contributed by atoms with Crippen molar-refractivity contribution in [3.63, 3.8) is 0 Å². The third kappa shape index (κ3) is 5.03. The number of benzene rings is 1. The number of carbonyl (C=O) groups is 2. The maximum absolute atomic E-state index is 11.5. The van der Waals surface area contributed by atoms with Crippen molar-refractivity contribution in [2.75, 3.05) is 13.7 Å². The molecule has 1 N–H and O–H groups in total. The Labute approximate surface area is 120 Å². The van der Waals surface area contributed by atoms with E-state index in [1.54, 1.807) is 0 Å². The molecule has 0 aliphatic heterocycles. The van der Waals surface area contributed by atoms with E-state index >= 15 is 0 Å². The summed E-state index contributed by atoms with van der Waals surface area (Å²) >= 11 is 0. The fourth-order valence-corrected chi connectivity index (χ4v) is 2.03. The number of ether oxygens (including phenoxy) is 1. The molecule has 0 saturated carbocycles. The molecule has 0 aromatic heterocycles. The second-order valence-corrected chi connectivity index (χ2v) is 5.04. The Bertz CT molecular complexity index is 495. The van der Waals surface area contributed by atoms with Crippen LogP contribution in [0.3, 0.4) is 0 Å². The first-order chi connectivity index (χ1) is 9.43. The van der Waals surface area contributed by atoms with E-state index in [9.17, 15) is 9.59 Å². The van der Waals surface area contributed by atoms with Crippen molar-refractivity contribution >= 4 is 11.9 Å². The van der Waals surface area contributed by atoms with Crippen LogP contribution in [0.1, 0.15) is 35.1 Å². The molecule has 0 aliphatic rings. The van der Waals surface area contributed by atoms with E-state index in [-0.39, 0.29) is 24.7 Å². The molecule has 20 heavy (non-hydrogen) atoms. The van der Waals surface area contributed by atoms with Gasteiger partial charge in [0, 0.05) is 13.0 Å². The molecule has 4 heteroatoms. The molecule has 0 aliphatic carbocycles. The molecule has 1 rings (SSSR count). The van der Waals surface area contributed by atoms with Crippen molar-refractivity contribution in [3.05, 3.63) is 34.4 Å². The van der Waals surface area contributed by atoms with Crippen LogP contribution in [0.25, 0.3) is 0 Å². The first kappa shape index (κ1) is 16.2. The summed E-state index contributed by atoms with van der Waals surface area (Å²) in [6.07, 6.45) is 1.11. The van der Waals surface area contributed by atoms with Crippen molar-refractivity contribution in [1.29, 1.82) is 0 Å². The van der Waals surface area contributed by atoms with Crippen LogP contribution in [0.4, 0.5) is 0 Å².